The Morgan fingerprint density at radius 2 is 2.11 bits per heavy atom. The summed E-state index contributed by atoms with van der Waals surface area (Å²) >= 11 is 1.62. The first-order valence-electron chi connectivity index (χ1n) is 9.48. The average molecular weight is 390 g/mol. The lowest BCUT2D eigenvalue weighted by molar-refractivity contribution is -0.136. The van der Waals surface area contributed by atoms with Gasteiger partial charge in [0.05, 0.1) is 23.2 Å². The molecule has 3 rings (SSSR count). The highest BCUT2D eigenvalue weighted by Crippen LogP contribution is 2.38. The predicted octanol–water partition coefficient (Wildman–Crippen LogP) is 2.49. The summed E-state index contributed by atoms with van der Waals surface area (Å²) < 4.78 is 2.01. The van der Waals surface area contributed by atoms with Crippen LogP contribution in [-0.2, 0) is 29.1 Å². The normalized spacial score (nSPS) is 19.7. The van der Waals surface area contributed by atoms with E-state index in [0.717, 1.165) is 29.5 Å². The largest absolute Gasteiger partial charge is 0.339 e. The molecule has 8 heteroatoms. The quantitative estimate of drug-likeness (QED) is 0.729. The second-order valence-corrected chi connectivity index (χ2v) is 7.73. The average Bonchev–Trinajstić information content (AvgIpc) is 3.38. The Bertz CT molecular complexity index is 815. The molecular formula is C19H27N5O2S. The lowest BCUT2D eigenvalue weighted by atomic mass is 9.97. The Morgan fingerprint density at radius 1 is 1.33 bits per heavy atom. The molecule has 1 saturated heterocycles. The molecule has 0 unspecified atom stereocenters. The molecule has 27 heavy (non-hydrogen) atoms. The maximum absolute atomic E-state index is 13.2. The zero-order valence-electron chi connectivity index (χ0n) is 16.4. The Kier molecular flexibility index (Phi) is 5.94. The molecule has 0 bridgehead atoms. The zero-order valence-corrected chi connectivity index (χ0v) is 17.2. The van der Waals surface area contributed by atoms with Crippen molar-refractivity contribution in [3.63, 3.8) is 0 Å². The van der Waals surface area contributed by atoms with E-state index in [0.29, 0.717) is 13.1 Å². The molecule has 2 atom stereocenters. The van der Waals surface area contributed by atoms with Crippen molar-refractivity contribution in [2.45, 2.75) is 52.7 Å². The van der Waals surface area contributed by atoms with Crippen molar-refractivity contribution in [2.24, 2.45) is 5.92 Å². The molecule has 0 aliphatic carbocycles. The summed E-state index contributed by atoms with van der Waals surface area (Å²) in [5, 5.41) is 3.07. The summed E-state index contributed by atoms with van der Waals surface area (Å²) in [5.74, 6) is 0.362. The first kappa shape index (κ1) is 19.5. The number of nitrogens with zero attached hydrogens (tertiary/aromatic N) is 5. The van der Waals surface area contributed by atoms with Gasteiger partial charge in [-0.2, -0.15) is 0 Å². The van der Waals surface area contributed by atoms with Gasteiger partial charge in [0.15, 0.2) is 0 Å². The number of amides is 2. The fourth-order valence-electron chi connectivity index (χ4n) is 3.75. The minimum Gasteiger partial charge on any atom is -0.339 e. The molecule has 1 fully saturated rings. The molecule has 1 aliphatic heterocycles. The van der Waals surface area contributed by atoms with E-state index in [1.54, 1.807) is 34.4 Å². The van der Waals surface area contributed by atoms with Crippen molar-refractivity contribution >= 4 is 23.2 Å². The maximum Gasteiger partial charge on any atom is 0.228 e. The van der Waals surface area contributed by atoms with Gasteiger partial charge in [0.25, 0.3) is 0 Å². The Balaban J connectivity index is 1.83. The zero-order chi connectivity index (χ0) is 19.6. The Morgan fingerprint density at radius 3 is 2.74 bits per heavy atom. The Hall–Kier alpha value is -2.22. The van der Waals surface area contributed by atoms with E-state index >= 15 is 0 Å². The van der Waals surface area contributed by atoms with Gasteiger partial charge in [0.1, 0.15) is 11.9 Å². The highest BCUT2D eigenvalue weighted by Gasteiger charge is 2.46. The molecule has 2 aromatic heterocycles. The van der Waals surface area contributed by atoms with Gasteiger partial charge in [-0.25, -0.2) is 9.97 Å². The number of aromatic nitrogens is 3. The number of hydrogen-bond donors (Lipinski definition) is 0. The van der Waals surface area contributed by atoms with Crippen LogP contribution in [0.2, 0.25) is 0 Å². The van der Waals surface area contributed by atoms with Crippen LogP contribution in [0.25, 0.3) is 0 Å². The van der Waals surface area contributed by atoms with Crippen LogP contribution in [0.1, 0.15) is 49.8 Å². The van der Waals surface area contributed by atoms with Crippen LogP contribution in [0, 0.1) is 5.92 Å². The summed E-state index contributed by atoms with van der Waals surface area (Å²) in [6.07, 6.45) is 4.77. The minimum atomic E-state index is -0.417. The van der Waals surface area contributed by atoms with Gasteiger partial charge in [-0.1, -0.05) is 6.92 Å². The van der Waals surface area contributed by atoms with E-state index in [1.807, 2.05) is 30.0 Å². The lowest BCUT2D eigenvalue weighted by Crippen LogP contribution is -2.37. The number of carbonyl (C=O) groups is 2. The van der Waals surface area contributed by atoms with Crippen molar-refractivity contribution in [3.05, 3.63) is 34.3 Å². The van der Waals surface area contributed by atoms with Crippen molar-refractivity contribution in [2.75, 3.05) is 13.6 Å². The monoisotopic (exact) mass is 389 g/mol. The van der Waals surface area contributed by atoms with Gasteiger partial charge in [-0.15, -0.1) is 11.3 Å². The summed E-state index contributed by atoms with van der Waals surface area (Å²) in [5.41, 5.74) is 0.899. The number of imidazole rings is 1. The molecule has 0 N–H and O–H groups in total. The standard InChI is InChI=1S/C19H27N5O2S/c1-5-15-21-13(12-27-15)11-22(4)19(26)14-10-16(25)24(7-3)17(14)18-20-8-9-23(18)6-2/h8-9,12,14,17H,5-7,10-11H2,1-4H3/t14-,17-/m0/s1. The highest BCUT2D eigenvalue weighted by atomic mass is 32.1. The van der Waals surface area contributed by atoms with Crippen LogP contribution < -0.4 is 0 Å². The summed E-state index contributed by atoms with van der Waals surface area (Å²) in [7, 11) is 1.79. The molecule has 2 amide bonds. The van der Waals surface area contributed by atoms with Crippen molar-refractivity contribution in [1.29, 1.82) is 0 Å². The maximum atomic E-state index is 13.2. The second kappa shape index (κ2) is 8.21. The second-order valence-electron chi connectivity index (χ2n) is 6.79. The molecule has 3 heterocycles. The predicted molar refractivity (Wildman–Crippen MR) is 104 cm³/mol. The smallest absolute Gasteiger partial charge is 0.228 e. The van der Waals surface area contributed by atoms with E-state index in [-0.39, 0.29) is 24.3 Å². The third-order valence-electron chi connectivity index (χ3n) is 5.12. The van der Waals surface area contributed by atoms with E-state index < -0.39 is 5.92 Å². The van der Waals surface area contributed by atoms with Crippen LogP contribution in [0.15, 0.2) is 17.8 Å². The summed E-state index contributed by atoms with van der Waals surface area (Å²) in [6.45, 7) is 7.84. The van der Waals surface area contributed by atoms with Gasteiger partial charge in [-0.3, -0.25) is 9.59 Å². The van der Waals surface area contributed by atoms with Crippen LogP contribution >= 0.6 is 11.3 Å². The van der Waals surface area contributed by atoms with Gasteiger partial charge in [0.2, 0.25) is 11.8 Å². The number of likely N-dealkylation sites (tertiary alicyclic amines) is 1. The molecule has 0 spiro atoms. The van der Waals surface area contributed by atoms with E-state index in [1.165, 1.54) is 0 Å². The van der Waals surface area contributed by atoms with Crippen LogP contribution in [0.4, 0.5) is 0 Å². The summed E-state index contributed by atoms with van der Waals surface area (Å²) in [4.78, 5) is 38.3. The first-order chi connectivity index (χ1) is 13.0. The van der Waals surface area contributed by atoms with Crippen molar-refractivity contribution < 1.29 is 9.59 Å². The van der Waals surface area contributed by atoms with Gasteiger partial charge in [-0.05, 0) is 20.3 Å². The van der Waals surface area contributed by atoms with Crippen molar-refractivity contribution in [3.8, 4) is 0 Å². The first-order valence-corrected chi connectivity index (χ1v) is 10.4. The van der Waals surface area contributed by atoms with Crippen LogP contribution in [0.5, 0.6) is 0 Å². The van der Waals surface area contributed by atoms with Crippen LogP contribution in [-0.4, -0.2) is 49.7 Å². The van der Waals surface area contributed by atoms with Gasteiger partial charge < -0.3 is 14.4 Å². The SMILES string of the molecule is CCc1nc(CN(C)C(=O)[C@H]2CC(=O)N(CC)[C@@H]2c2nccn2CC)cs1. The molecule has 0 radical (unpaired) electrons. The molecule has 7 nitrogen and oxygen atoms in total. The van der Waals surface area contributed by atoms with Gasteiger partial charge >= 0.3 is 0 Å². The summed E-state index contributed by atoms with van der Waals surface area (Å²) in [6, 6.07) is -0.311. The fourth-order valence-corrected chi connectivity index (χ4v) is 4.48. The molecule has 2 aromatic rings. The third kappa shape index (κ3) is 3.76. The molecule has 1 aliphatic rings. The number of carbonyl (C=O) groups excluding carboxylic acids is 2. The molecular weight excluding hydrogens is 362 g/mol. The van der Waals surface area contributed by atoms with E-state index in [2.05, 4.69) is 16.9 Å². The van der Waals surface area contributed by atoms with Crippen molar-refractivity contribution in [1.82, 2.24) is 24.3 Å². The van der Waals surface area contributed by atoms with E-state index in [4.69, 9.17) is 0 Å². The number of rotatable bonds is 7. The highest BCUT2D eigenvalue weighted by molar-refractivity contribution is 7.09. The molecule has 146 valence electrons. The Labute approximate surface area is 164 Å². The van der Waals surface area contributed by atoms with E-state index in [9.17, 15) is 9.59 Å². The van der Waals surface area contributed by atoms with Gasteiger partial charge in [0, 0.05) is 44.3 Å². The number of thiazole rings is 1. The fraction of sp³-hybridized carbons (Fsp3) is 0.579. The number of aryl methyl sites for hydroxylation is 2. The topological polar surface area (TPSA) is 71.3 Å². The lowest BCUT2D eigenvalue weighted by Gasteiger charge is -2.29. The number of hydrogen-bond acceptors (Lipinski definition) is 5. The molecule has 0 aromatic carbocycles. The minimum absolute atomic E-state index is 0.0156. The third-order valence-corrected chi connectivity index (χ3v) is 6.16. The molecule has 0 saturated carbocycles. The van der Waals surface area contributed by atoms with Crippen LogP contribution in [0.3, 0.4) is 0 Å².